The van der Waals surface area contributed by atoms with Crippen LogP contribution in [0.4, 0.5) is 5.69 Å². The summed E-state index contributed by atoms with van der Waals surface area (Å²) in [5, 5.41) is 12.1. The molecule has 1 amide bonds. The lowest BCUT2D eigenvalue weighted by Gasteiger charge is -2.33. The number of piperidine rings is 1. The molecule has 1 saturated carbocycles. The number of nitrogens with one attached hydrogen (secondary N) is 2. The molecule has 9 rings (SSSR count). The van der Waals surface area contributed by atoms with Gasteiger partial charge in [-0.3, -0.25) is 15.1 Å². The molecule has 6 aliphatic rings. The molecule has 4 fully saturated rings. The van der Waals surface area contributed by atoms with Crippen molar-refractivity contribution in [2.45, 2.75) is 55.8 Å². The number of carbonyl (C=O) groups excluding carboxylic acids is 1. The number of rotatable bonds is 1. The molecule has 5 aliphatic heterocycles. The van der Waals surface area contributed by atoms with Gasteiger partial charge in [-0.05, 0) is 43.9 Å². The molecular weight excluding hydrogens is 454 g/mol. The monoisotopic (exact) mass is 481 g/mol. The first-order valence-electron chi connectivity index (χ1n) is 13.1. The van der Waals surface area contributed by atoms with E-state index in [-0.39, 0.29) is 30.0 Å². The molecule has 36 heavy (non-hydrogen) atoms. The van der Waals surface area contributed by atoms with Crippen molar-refractivity contribution in [1.82, 2.24) is 24.8 Å². The van der Waals surface area contributed by atoms with Crippen molar-refractivity contribution in [3.8, 4) is 17.1 Å². The van der Waals surface area contributed by atoms with Gasteiger partial charge in [0.2, 0.25) is 11.8 Å². The zero-order valence-corrected chi connectivity index (χ0v) is 20.1. The van der Waals surface area contributed by atoms with Crippen molar-refractivity contribution >= 4 is 28.5 Å². The van der Waals surface area contributed by atoms with Crippen molar-refractivity contribution in [1.29, 1.82) is 5.41 Å². The number of anilines is 1. The number of pyridine rings is 1. The van der Waals surface area contributed by atoms with Gasteiger partial charge in [0.05, 0.1) is 23.0 Å². The van der Waals surface area contributed by atoms with Crippen LogP contribution in [0, 0.1) is 11.3 Å². The van der Waals surface area contributed by atoms with Gasteiger partial charge in [0.15, 0.2) is 0 Å². The molecule has 1 aliphatic carbocycles. The van der Waals surface area contributed by atoms with Crippen LogP contribution in [0.2, 0.25) is 0 Å². The number of amides is 1. The maximum absolute atomic E-state index is 14.4. The van der Waals surface area contributed by atoms with Crippen molar-refractivity contribution < 1.29 is 9.53 Å². The molecule has 7 heterocycles. The van der Waals surface area contributed by atoms with E-state index < -0.39 is 5.41 Å². The first-order valence-corrected chi connectivity index (χ1v) is 13.1. The molecule has 2 N–H and O–H groups in total. The summed E-state index contributed by atoms with van der Waals surface area (Å²) in [4.78, 5) is 28.5. The fourth-order valence-corrected chi connectivity index (χ4v) is 7.47. The summed E-state index contributed by atoms with van der Waals surface area (Å²) in [6.07, 6.45) is 4.81. The first-order chi connectivity index (χ1) is 17.5. The second kappa shape index (κ2) is 6.26. The molecule has 4 unspecified atom stereocenters. The van der Waals surface area contributed by atoms with Crippen LogP contribution >= 0.6 is 0 Å². The minimum atomic E-state index is -0.499. The van der Waals surface area contributed by atoms with Crippen LogP contribution in [0.3, 0.4) is 0 Å². The number of benzene rings is 1. The minimum Gasteiger partial charge on any atom is -0.473 e. The van der Waals surface area contributed by atoms with Crippen LogP contribution in [0.15, 0.2) is 30.6 Å². The maximum Gasteiger partial charge on any atom is 0.241 e. The lowest BCUT2D eigenvalue weighted by molar-refractivity contribution is -0.123. The molecule has 0 radical (unpaired) electrons. The van der Waals surface area contributed by atoms with E-state index in [9.17, 15) is 4.79 Å². The smallest absolute Gasteiger partial charge is 0.241 e. The Hall–Kier alpha value is -3.46. The summed E-state index contributed by atoms with van der Waals surface area (Å²) in [7, 11) is 0. The van der Waals surface area contributed by atoms with E-state index in [0.717, 1.165) is 65.9 Å². The Morgan fingerprint density at radius 1 is 1.25 bits per heavy atom. The third-order valence-corrected chi connectivity index (χ3v) is 9.58. The Labute approximate surface area is 207 Å². The molecule has 3 saturated heterocycles. The van der Waals surface area contributed by atoms with Crippen LogP contribution in [-0.4, -0.2) is 69.0 Å². The molecule has 9 nitrogen and oxygen atoms in total. The van der Waals surface area contributed by atoms with Gasteiger partial charge in [0, 0.05) is 48.9 Å². The number of imidazole rings is 1. The van der Waals surface area contributed by atoms with Gasteiger partial charge in [0.25, 0.3) is 0 Å². The highest BCUT2D eigenvalue weighted by Gasteiger charge is 2.67. The van der Waals surface area contributed by atoms with Crippen LogP contribution in [0.25, 0.3) is 22.3 Å². The number of carbonyl (C=O) groups is 1. The van der Waals surface area contributed by atoms with Crippen molar-refractivity contribution in [3.63, 3.8) is 0 Å². The molecule has 2 aromatic heterocycles. The lowest BCUT2D eigenvalue weighted by atomic mass is 9.76. The molecule has 4 bridgehead atoms. The van der Waals surface area contributed by atoms with Crippen molar-refractivity contribution in [2.75, 3.05) is 24.5 Å². The first kappa shape index (κ1) is 19.7. The zero-order chi connectivity index (χ0) is 23.9. The van der Waals surface area contributed by atoms with Crippen molar-refractivity contribution in [3.05, 3.63) is 36.2 Å². The Morgan fingerprint density at radius 3 is 2.92 bits per heavy atom. The summed E-state index contributed by atoms with van der Waals surface area (Å²) < 4.78 is 8.86. The molecule has 6 atom stereocenters. The van der Waals surface area contributed by atoms with E-state index in [1.54, 1.807) is 0 Å². The summed E-state index contributed by atoms with van der Waals surface area (Å²) in [5.41, 5.74) is 5.15. The van der Waals surface area contributed by atoms with E-state index in [0.29, 0.717) is 24.3 Å². The average molecular weight is 482 g/mol. The largest absolute Gasteiger partial charge is 0.473 e. The number of amidine groups is 1. The van der Waals surface area contributed by atoms with Gasteiger partial charge in [0.1, 0.15) is 23.5 Å². The minimum absolute atomic E-state index is 0.0688. The van der Waals surface area contributed by atoms with Gasteiger partial charge in [-0.2, -0.15) is 0 Å². The molecule has 1 spiro atoms. The third kappa shape index (κ3) is 2.26. The summed E-state index contributed by atoms with van der Waals surface area (Å²) in [6.45, 7) is 4.59. The lowest BCUT2D eigenvalue weighted by Crippen LogP contribution is -2.53. The number of hydrogen-bond acceptors (Lipinski definition) is 6. The number of aromatic nitrogens is 3. The number of hydrogen-bond donors (Lipinski definition) is 2. The molecule has 3 aromatic rings. The summed E-state index contributed by atoms with van der Waals surface area (Å²) in [6, 6.07) is 8.78. The predicted molar refractivity (Wildman–Crippen MR) is 133 cm³/mol. The SMILES string of the molecule is C[C@H]1Oc2nc(cc3ncn(C4CC4)c23)-c2ccc3c(c2)N(C(=O)C32CCN3CC32)C2C(=N)NC[C@@H]21. The van der Waals surface area contributed by atoms with Gasteiger partial charge in [-0.15, -0.1) is 0 Å². The fourth-order valence-electron chi connectivity index (χ4n) is 7.47. The van der Waals surface area contributed by atoms with Crippen molar-refractivity contribution in [2.24, 2.45) is 5.92 Å². The normalized spacial score (nSPS) is 35.5. The Kier molecular flexibility index (Phi) is 3.43. The van der Waals surface area contributed by atoms with E-state index in [1.807, 2.05) is 17.3 Å². The van der Waals surface area contributed by atoms with E-state index in [1.165, 1.54) is 0 Å². The van der Waals surface area contributed by atoms with Crippen LogP contribution < -0.4 is 15.0 Å². The molecule has 9 heteroatoms. The summed E-state index contributed by atoms with van der Waals surface area (Å²) >= 11 is 0. The number of nitrogens with zero attached hydrogens (tertiary/aromatic N) is 5. The highest BCUT2D eigenvalue weighted by atomic mass is 16.5. The van der Waals surface area contributed by atoms with Gasteiger partial charge < -0.3 is 19.5 Å². The highest BCUT2D eigenvalue weighted by Crippen LogP contribution is 2.57. The van der Waals surface area contributed by atoms with Crippen LogP contribution in [0.5, 0.6) is 5.88 Å². The second-order valence-corrected chi connectivity index (χ2v) is 11.4. The third-order valence-electron chi connectivity index (χ3n) is 9.58. The number of ether oxygens (including phenoxy) is 1. The van der Waals surface area contributed by atoms with Gasteiger partial charge in [-0.1, -0.05) is 12.1 Å². The van der Waals surface area contributed by atoms with Crippen LogP contribution in [-0.2, 0) is 10.2 Å². The van der Waals surface area contributed by atoms with Gasteiger partial charge >= 0.3 is 0 Å². The average Bonchev–Trinajstić information content (AvgIpc) is 3.74. The zero-order valence-electron chi connectivity index (χ0n) is 20.1. The Bertz CT molecular complexity index is 1530. The van der Waals surface area contributed by atoms with Gasteiger partial charge in [-0.25, -0.2) is 9.97 Å². The second-order valence-electron chi connectivity index (χ2n) is 11.4. The van der Waals surface area contributed by atoms with E-state index >= 15 is 0 Å². The quantitative estimate of drug-likeness (QED) is 0.518. The molecular formula is C27H27N7O2. The predicted octanol–water partition coefficient (Wildman–Crippen LogP) is 2.45. The highest BCUT2D eigenvalue weighted by molar-refractivity contribution is 6.14. The molecule has 182 valence electrons. The molecule has 1 aromatic carbocycles. The van der Waals surface area contributed by atoms with E-state index in [2.05, 4.69) is 39.9 Å². The Balaban J connectivity index is 1.31. The topological polar surface area (TPSA) is 99.1 Å². The number of fused-ring (bicyclic) bond motifs is 11. The maximum atomic E-state index is 14.4. The summed E-state index contributed by atoms with van der Waals surface area (Å²) in [5.74, 6) is 1.08. The standard InChI is InChI=1S/C27H27N7O2/c1-13-16-10-29-24(28)22(16)34-20-8-14(2-5-17(20)27(26(34)35)6-7-32-11-21(27)32)18-9-19-23(25(31-18)36-13)33(12-30-19)15-3-4-15/h2,5,8-9,12-13,15-16,21-22H,3-4,6-7,10-11H2,1H3,(H2,28,29)/t13-,16-,21?,22?,27?,32?/m1/s1. The van der Waals surface area contributed by atoms with E-state index in [4.69, 9.17) is 20.1 Å². The fraction of sp³-hybridized carbons (Fsp3) is 0.481. The Morgan fingerprint density at radius 2 is 2.14 bits per heavy atom. The van der Waals surface area contributed by atoms with Crippen LogP contribution in [0.1, 0.15) is 37.8 Å².